The largest absolute Gasteiger partial charge is 0.437 e. The van der Waals surface area contributed by atoms with Gasteiger partial charge in [-0.15, -0.1) is 0 Å². The van der Waals surface area contributed by atoms with Gasteiger partial charge in [-0.25, -0.2) is 4.98 Å². The lowest BCUT2D eigenvalue weighted by Crippen LogP contribution is -2.03. The Morgan fingerprint density at radius 2 is 1.95 bits per heavy atom. The summed E-state index contributed by atoms with van der Waals surface area (Å²) in [5.41, 5.74) is 1.30. The van der Waals surface area contributed by atoms with Crippen LogP contribution in [0.15, 0.2) is 30.5 Å². The number of nitrogens with one attached hydrogen (secondary N) is 1. The van der Waals surface area contributed by atoms with Crippen molar-refractivity contribution in [1.82, 2.24) is 9.97 Å². The first kappa shape index (κ1) is 15.6. The van der Waals surface area contributed by atoms with Crippen molar-refractivity contribution in [3.05, 3.63) is 41.0 Å². The van der Waals surface area contributed by atoms with Gasteiger partial charge in [0, 0.05) is 6.54 Å². The van der Waals surface area contributed by atoms with Gasteiger partial charge in [0.1, 0.15) is 10.8 Å². The van der Waals surface area contributed by atoms with Crippen LogP contribution in [0.1, 0.15) is 38.7 Å². The molecule has 1 aromatic carbocycles. The average Bonchev–Trinajstić information content (AvgIpc) is 2.51. The van der Waals surface area contributed by atoms with E-state index in [0.29, 0.717) is 28.5 Å². The monoisotopic (exact) mass is 305 g/mol. The Morgan fingerprint density at radius 3 is 2.57 bits per heavy atom. The molecular weight excluding hydrogens is 286 g/mol. The van der Waals surface area contributed by atoms with Gasteiger partial charge in [0.05, 0.1) is 6.20 Å². The van der Waals surface area contributed by atoms with Crippen LogP contribution in [0.25, 0.3) is 0 Å². The Labute approximate surface area is 130 Å². The first-order chi connectivity index (χ1) is 10.1. The zero-order valence-electron chi connectivity index (χ0n) is 12.6. The van der Waals surface area contributed by atoms with Crippen molar-refractivity contribution in [1.29, 1.82) is 0 Å². The van der Waals surface area contributed by atoms with Gasteiger partial charge in [0.25, 0.3) is 0 Å². The summed E-state index contributed by atoms with van der Waals surface area (Å²) in [5.74, 6) is 2.12. The van der Waals surface area contributed by atoms with Gasteiger partial charge in [0.15, 0.2) is 0 Å². The molecule has 2 aromatic rings. The van der Waals surface area contributed by atoms with Crippen molar-refractivity contribution < 1.29 is 4.74 Å². The van der Waals surface area contributed by atoms with Crippen LogP contribution in [0.3, 0.4) is 0 Å². The van der Waals surface area contributed by atoms with E-state index in [9.17, 15) is 0 Å². The number of aromatic nitrogens is 2. The molecule has 1 heterocycles. The van der Waals surface area contributed by atoms with Crippen LogP contribution in [0, 0.1) is 0 Å². The van der Waals surface area contributed by atoms with Gasteiger partial charge in [-0.3, -0.25) is 0 Å². The van der Waals surface area contributed by atoms with E-state index in [0.717, 1.165) is 13.0 Å². The topological polar surface area (TPSA) is 47.0 Å². The molecule has 1 unspecified atom stereocenters. The van der Waals surface area contributed by atoms with Crippen molar-refractivity contribution in [2.45, 2.75) is 33.1 Å². The lowest BCUT2D eigenvalue weighted by Gasteiger charge is -2.11. The van der Waals surface area contributed by atoms with Gasteiger partial charge >= 0.3 is 0 Å². The molecule has 5 heteroatoms. The summed E-state index contributed by atoms with van der Waals surface area (Å²) >= 11 is 6.07. The van der Waals surface area contributed by atoms with Crippen LogP contribution >= 0.6 is 11.6 Å². The van der Waals surface area contributed by atoms with E-state index in [-0.39, 0.29) is 0 Å². The first-order valence-corrected chi connectivity index (χ1v) is 7.56. The molecule has 1 atom stereocenters. The van der Waals surface area contributed by atoms with Crippen molar-refractivity contribution in [3.63, 3.8) is 0 Å². The molecule has 0 fully saturated rings. The number of rotatable bonds is 6. The summed E-state index contributed by atoms with van der Waals surface area (Å²) in [6.07, 6.45) is 2.65. The van der Waals surface area contributed by atoms with E-state index in [4.69, 9.17) is 16.3 Å². The molecule has 0 aliphatic rings. The fourth-order valence-corrected chi connectivity index (χ4v) is 2.01. The van der Waals surface area contributed by atoms with Crippen molar-refractivity contribution in [2.75, 3.05) is 11.9 Å². The molecule has 0 saturated heterocycles. The maximum absolute atomic E-state index is 6.07. The fraction of sp³-hybridized carbons (Fsp3) is 0.375. The molecule has 0 amide bonds. The van der Waals surface area contributed by atoms with Crippen LogP contribution in [-0.4, -0.2) is 16.5 Å². The maximum atomic E-state index is 6.07. The highest BCUT2D eigenvalue weighted by molar-refractivity contribution is 6.31. The zero-order valence-corrected chi connectivity index (χ0v) is 13.3. The molecule has 0 radical (unpaired) electrons. The molecular formula is C16H20ClN3O. The Hall–Kier alpha value is -1.81. The van der Waals surface area contributed by atoms with Crippen LogP contribution in [0.5, 0.6) is 11.6 Å². The lowest BCUT2D eigenvalue weighted by molar-refractivity contribution is 0.462. The summed E-state index contributed by atoms with van der Waals surface area (Å²) < 4.78 is 5.74. The standard InChI is InChI=1S/C16H20ClN3O/c1-4-11(3)12-6-8-13(9-7-12)21-15-14(17)10-19-16(20-15)18-5-2/h6-11H,4-5H2,1-3H3,(H,18,19,20). The lowest BCUT2D eigenvalue weighted by atomic mass is 9.99. The molecule has 0 aliphatic heterocycles. The van der Waals surface area contributed by atoms with Crippen LogP contribution in [-0.2, 0) is 0 Å². The SMILES string of the molecule is CCNc1ncc(Cl)c(Oc2ccc(C(C)CC)cc2)n1. The highest BCUT2D eigenvalue weighted by Gasteiger charge is 2.08. The Kier molecular flexibility index (Phi) is 5.39. The summed E-state index contributed by atoms with van der Waals surface area (Å²) in [5, 5.41) is 3.42. The van der Waals surface area contributed by atoms with Crippen LogP contribution < -0.4 is 10.1 Å². The number of hydrogen-bond acceptors (Lipinski definition) is 4. The molecule has 0 bridgehead atoms. The minimum Gasteiger partial charge on any atom is -0.437 e. The summed E-state index contributed by atoms with van der Waals surface area (Å²) in [6.45, 7) is 7.11. The molecule has 112 valence electrons. The maximum Gasteiger partial charge on any atom is 0.243 e. The fourth-order valence-electron chi connectivity index (χ4n) is 1.88. The second-order valence-corrected chi connectivity index (χ2v) is 5.26. The minimum absolute atomic E-state index is 0.360. The predicted octanol–water partition coefficient (Wildman–Crippen LogP) is 4.87. The molecule has 4 nitrogen and oxygen atoms in total. The number of anilines is 1. The summed E-state index contributed by atoms with van der Waals surface area (Å²) in [6, 6.07) is 8.02. The van der Waals surface area contributed by atoms with Gasteiger partial charge in [-0.05, 0) is 37.0 Å². The normalized spacial score (nSPS) is 12.0. The van der Waals surface area contributed by atoms with E-state index in [1.807, 2.05) is 19.1 Å². The number of hydrogen-bond donors (Lipinski definition) is 1. The van der Waals surface area contributed by atoms with Crippen molar-refractivity contribution >= 4 is 17.5 Å². The van der Waals surface area contributed by atoms with Crippen molar-refractivity contribution in [3.8, 4) is 11.6 Å². The Morgan fingerprint density at radius 1 is 1.24 bits per heavy atom. The van der Waals surface area contributed by atoms with E-state index >= 15 is 0 Å². The molecule has 0 spiro atoms. The van der Waals surface area contributed by atoms with Crippen molar-refractivity contribution in [2.24, 2.45) is 0 Å². The minimum atomic E-state index is 0.360. The van der Waals surface area contributed by atoms with Gasteiger partial charge in [0.2, 0.25) is 11.8 Å². The number of benzene rings is 1. The van der Waals surface area contributed by atoms with Gasteiger partial charge in [-0.1, -0.05) is 37.6 Å². The Bertz CT molecular complexity index is 587. The molecule has 2 rings (SSSR count). The third-order valence-electron chi connectivity index (χ3n) is 3.32. The second-order valence-electron chi connectivity index (χ2n) is 4.86. The molecule has 0 saturated carbocycles. The van der Waals surface area contributed by atoms with Gasteiger partial charge in [-0.2, -0.15) is 4.98 Å². The molecule has 1 N–H and O–H groups in total. The van der Waals surface area contributed by atoms with E-state index in [2.05, 4.69) is 41.3 Å². The zero-order chi connectivity index (χ0) is 15.2. The highest BCUT2D eigenvalue weighted by atomic mass is 35.5. The number of nitrogens with zero attached hydrogens (tertiary/aromatic N) is 2. The predicted molar refractivity (Wildman–Crippen MR) is 86.4 cm³/mol. The molecule has 0 aliphatic carbocycles. The van der Waals surface area contributed by atoms with E-state index in [1.54, 1.807) is 0 Å². The smallest absolute Gasteiger partial charge is 0.243 e. The summed E-state index contributed by atoms with van der Waals surface area (Å²) in [4.78, 5) is 8.34. The number of ether oxygens (including phenoxy) is 1. The van der Waals surface area contributed by atoms with Crippen LogP contribution in [0.4, 0.5) is 5.95 Å². The average molecular weight is 306 g/mol. The van der Waals surface area contributed by atoms with Gasteiger partial charge < -0.3 is 10.1 Å². The van der Waals surface area contributed by atoms with E-state index < -0.39 is 0 Å². The third kappa shape index (κ3) is 4.08. The van der Waals surface area contributed by atoms with Crippen LogP contribution in [0.2, 0.25) is 5.02 Å². The van der Waals surface area contributed by atoms with E-state index in [1.165, 1.54) is 11.8 Å². The quantitative estimate of drug-likeness (QED) is 0.827. The number of halogens is 1. The molecule has 1 aromatic heterocycles. The first-order valence-electron chi connectivity index (χ1n) is 7.18. The Balaban J connectivity index is 2.15. The molecule has 21 heavy (non-hydrogen) atoms. The third-order valence-corrected chi connectivity index (χ3v) is 3.58. The second kappa shape index (κ2) is 7.27. The summed E-state index contributed by atoms with van der Waals surface area (Å²) in [7, 11) is 0. The highest BCUT2D eigenvalue weighted by Crippen LogP contribution is 2.29.